The van der Waals surface area contributed by atoms with Gasteiger partial charge in [-0.25, -0.2) is 19.9 Å². The molecule has 2 aromatic carbocycles. The van der Waals surface area contributed by atoms with Crippen LogP contribution >= 0.6 is 0 Å². The first-order valence-electron chi connectivity index (χ1n) is 23.2. The predicted octanol–water partition coefficient (Wildman–Crippen LogP) is 13.4. The molecule has 0 unspecified atom stereocenters. The van der Waals surface area contributed by atoms with Gasteiger partial charge in [0.25, 0.3) is 0 Å². The monoisotopic (exact) mass is 795 g/mol. The Kier molecular flexibility index (Phi) is 20.3. The lowest BCUT2D eigenvalue weighted by Crippen LogP contribution is -2.13. The molecule has 0 N–H and O–H groups in total. The fraction of sp³-hybridized carbons (Fsp3) is 0.547. The average molecular weight is 795 g/mol. The molecule has 6 heteroatoms. The highest BCUT2D eigenvalue weighted by atomic mass is 16.5. The topological polar surface area (TPSA) is 70.0 Å². The summed E-state index contributed by atoms with van der Waals surface area (Å²) >= 11 is 0. The first-order valence-corrected chi connectivity index (χ1v) is 23.2. The van der Waals surface area contributed by atoms with E-state index in [1.54, 1.807) is 24.8 Å². The van der Waals surface area contributed by atoms with Crippen molar-refractivity contribution in [2.75, 3.05) is 13.2 Å². The van der Waals surface area contributed by atoms with Gasteiger partial charge in [-0.15, -0.1) is 0 Å². The molecule has 0 aliphatic heterocycles. The van der Waals surface area contributed by atoms with Crippen molar-refractivity contribution in [3.8, 4) is 35.2 Å². The van der Waals surface area contributed by atoms with Gasteiger partial charge in [-0.3, -0.25) is 0 Å². The molecule has 6 rings (SSSR count). The zero-order valence-corrected chi connectivity index (χ0v) is 36.7. The van der Waals surface area contributed by atoms with Crippen LogP contribution in [0.1, 0.15) is 195 Å². The standard InChI is InChI=1S/C27H36N2O.C26H34N2O/c1-3-5-6-7-19-30-26-20-28-27(29-21-26)18-13-23-11-16-25(17-12-23)24-14-9-22(8-4-2)10-15-24;1-3-5-6-18-29-25-19-27-26(28-20-25)17-12-22-10-15-24(16-11-22)23-13-8-21(7-4-2)9-14-23/h11-12,16-17,20-22,24H,3-10,14-15,19H2,1-2H3;10-11,15-16,19-21,23H,3-9,13-14,18H2,1-2H3. The Balaban J connectivity index is 0.000000224. The minimum Gasteiger partial charge on any atom is -0.490 e. The largest absolute Gasteiger partial charge is 0.490 e. The molecule has 6 nitrogen and oxygen atoms in total. The second kappa shape index (κ2) is 26.4. The number of aromatic nitrogens is 4. The molecule has 0 radical (unpaired) electrons. The van der Waals surface area contributed by atoms with E-state index in [4.69, 9.17) is 9.47 Å². The Morgan fingerprint density at radius 3 is 1.19 bits per heavy atom. The van der Waals surface area contributed by atoms with Crippen molar-refractivity contribution in [1.29, 1.82) is 0 Å². The number of unbranched alkanes of at least 4 members (excludes halogenated alkanes) is 5. The van der Waals surface area contributed by atoms with E-state index in [9.17, 15) is 0 Å². The van der Waals surface area contributed by atoms with Crippen LogP contribution in [0.4, 0.5) is 0 Å². The predicted molar refractivity (Wildman–Crippen MR) is 243 cm³/mol. The number of hydrogen-bond acceptors (Lipinski definition) is 6. The van der Waals surface area contributed by atoms with Crippen LogP contribution in [0, 0.1) is 35.5 Å². The van der Waals surface area contributed by atoms with Crippen LogP contribution in [0.15, 0.2) is 73.3 Å². The van der Waals surface area contributed by atoms with E-state index < -0.39 is 0 Å². The summed E-state index contributed by atoms with van der Waals surface area (Å²) < 4.78 is 11.3. The number of benzene rings is 2. The third-order valence-electron chi connectivity index (χ3n) is 12.0. The van der Waals surface area contributed by atoms with Gasteiger partial charge in [0.2, 0.25) is 11.6 Å². The van der Waals surface area contributed by atoms with E-state index in [0.29, 0.717) is 17.4 Å². The minimum absolute atomic E-state index is 0.532. The fourth-order valence-corrected chi connectivity index (χ4v) is 8.49. The number of nitrogens with zero attached hydrogens (tertiary/aromatic N) is 4. The van der Waals surface area contributed by atoms with Crippen LogP contribution in [-0.2, 0) is 0 Å². The van der Waals surface area contributed by atoms with Crippen molar-refractivity contribution in [1.82, 2.24) is 19.9 Å². The summed E-state index contributed by atoms with van der Waals surface area (Å²) in [4.78, 5) is 17.2. The molecular formula is C53H70N4O2. The summed E-state index contributed by atoms with van der Waals surface area (Å²) in [6.07, 6.45) is 31.4. The third-order valence-corrected chi connectivity index (χ3v) is 12.0. The number of ether oxygens (including phenoxy) is 2. The van der Waals surface area contributed by atoms with Crippen LogP contribution < -0.4 is 9.47 Å². The Labute approximate surface area is 357 Å². The van der Waals surface area contributed by atoms with Crippen molar-refractivity contribution in [2.45, 2.75) is 162 Å². The lowest BCUT2D eigenvalue weighted by atomic mass is 9.77. The molecule has 2 aliphatic rings. The lowest BCUT2D eigenvalue weighted by Gasteiger charge is -2.28. The molecule has 314 valence electrons. The highest BCUT2D eigenvalue weighted by Gasteiger charge is 2.22. The molecular weight excluding hydrogens is 725 g/mol. The zero-order chi connectivity index (χ0) is 41.3. The molecule has 2 saturated carbocycles. The van der Waals surface area contributed by atoms with Crippen LogP contribution in [0.5, 0.6) is 11.5 Å². The van der Waals surface area contributed by atoms with Crippen LogP contribution in [0.3, 0.4) is 0 Å². The fourth-order valence-electron chi connectivity index (χ4n) is 8.49. The van der Waals surface area contributed by atoms with E-state index in [1.807, 2.05) is 0 Å². The average Bonchev–Trinajstić information content (AvgIpc) is 3.28. The summed E-state index contributed by atoms with van der Waals surface area (Å²) in [5, 5.41) is 0. The van der Waals surface area contributed by atoms with Gasteiger partial charge in [-0.05, 0) is 135 Å². The van der Waals surface area contributed by atoms with Crippen molar-refractivity contribution >= 4 is 0 Å². The van der Waals surface area contributed by atoms with Gasteiger partial charge in [0, 0.05) is 11.1 Å². The zero-order valence-electron chi connectivity index (χ0n) is 36.7. The van der Waals surface area contributed by atoms with E-state index >= 15 is 0 Å². The maximum atomic E-state index is 5.69. The normalized spacial score (nSPS) is 18.6. The molecule has 2 aliphatic carbocycles. The number of rotatable bonds is 17. The molecule has 0 spiro atoms. The van der Waals surface area contributed by atoms with E-state index in [1.165, 1.54) is 120 Å². The number of hydrogen-bond donors (Lipinski definition) is 0. The maximum Gasteiger partial charge on any atom is 0.205 e. The molecule has 2 heterocycles. The molecule has 4 aromatic rings. The first-order chi connectivity index (χ1) is 29.1. The van der Waals surface area contributed by atoms with Crippen molar-refractivity contribution in [2.24, 2.45) is 11.8 Å². The summed E-state index contributed by atoms with van der Waals surface area (Å²) in [5.74, 6) is 18.3. The third kappa shape index (κ3) is 16.5. The highest BCUT2D eigenvalue weighted by molar-refractivity contribution is 5.41. The second-order valence-electron chi connectivity index (χ2n) is 16.7. The van der Waals surface area contributed by atoms with Gasteiger partial charge in [0.1, 0.15) is 0 Å². The van der Waals surface area contributed by atoms with E-state index in [-0.39, 0.29) is 0 Å². The molecule has 2 aromatic heterocycles. The lowest BCUT2D eigenvalue weighted by molar-refractivity contribution is 0.302. The Morgan fingerprint density at radius 2 is 0.814 bits per heavy atom. The summed E-state index contributed by atoms with van der Waals surface area (Å²) in [6, 6.07) is 17.5. The highest BCUT2D eigenvalue weighted by Crippen LogP contribution is 2.38. The van der Waals surface area contributed by atoms with Crippen molar-refractivity contribution in [3.63, 3.8) is 0 Å². The quantitative estimate of drug-likeness (QED) is 0.0783. The first kappa shape index (κ1) is 45.4. The Morgan fingerprint density at radius 1 is 0.441 bits per heavy atom. The summed E-state index contributed by atoms with van der Waals surface area (Å²) in [6.45, 7) is 10.4. The summed E-state index contributed by atoms with van der Waals surface area (Å²) in [7, 11) is 0. The molecule has 59 heavy (non-hydrogen) atoms. The van der Waals surface area contributed by atoms with Gasteiger partial charge in [0.05, 0.1) is 38.0 Å². The van der Waals surface area contributed by atoms with Gasteiger partial charge in [0.15, 0.2) is 11.5 Å². The van der Waals surface area contributed by atoms with Gasteiger partial charge < -0.3 is 9.47 Å². The van der Waals surface area contributed by atoms with Crippen LogP contribution in [0.2, 0.25) is 0 Å². The minimum atomic E-state index is 0.532. The van der Waals surface area contributed by atoms with E-state index in [2.05, 4.69) is 120 Å². The van der Waals surface area contributed by atoms with E-state index in [0.717, 1.165) is 66.6 Å². The molecule has 0 saturated heterocycles. The second-order valence-corrected chi connectivity index (χ2v) is 16.7. The maximum absolute atomic E-state index is 5.69. The SMILES string of the molecule is CCCCCCOc1cnc(C#Cc2ccc(C3CCC(CCC)CC3)cc2)nc1.CCCCCOc1cnc(C#Cc2ccc(C3CCC(CCC)CC3)cc2)nc1. The molecule has 0 amide bonds. The smallest absolute Gasteiger partial charge is 0.205 e. The van der Waals surface area contributed by atoms with Gasteiger partial charge >= 0.3 is 0 Å². The van der Waals surface area contributed by atoms with Crippen LogP contribution in [-0.4, -0.2) is 33.1 Å². The Hall–Kier alpha value is -4.68. The molecule has 0 atom stereocenters. The molecule has 0 bridgehead atoms. The van der Waals surface area contributed by atoms with Crippen LogP contribution in [0.25, 0.3) is 0 Å². The van der Waals surface area contributed by atoms with Gasteiger partial charge in [-0.1, -0.05) is 122 Å². The Bertz CT molecular complexity index is 1850. The van der Waals surface area contributed by atoms with Crippen molar-refractivity contribution in [3.05, 3.63) is 107 Å². The van der Waals surface area contributed by atoms with Gasteiger partial charge in [-0.2, -0.15) is 0 Å². The van der Waals surface area contributed by atoms with Crippen molar-refractivity contribution < 1.29 is 9.47 Å². The molecule has 2 fully saturated rings. The summed E-state index contributed by atoms with van der Waals surface area (Å²) in [5.41, 5.74) is 4.95.